The van der Waals surface area contributed by atoms with Crippen molar-refractivity contribution < 1.29 is 4.92 Å². The average molecular weight is 124 g/mol. The SMILES string of the molecule is O=[N+]([O-])c1[c]ncnc1. The van der Waals surface area contributed by atoms with Gasteiger partial charge in [-0.3, -0.25) is 10.1 Å². The van der Waals surface area contributed by atoms with Gasteiger partial charge in [0.15, 0.2) is 6.20 Å². The number of hydrogen-bond donors (Lipinski definition) is 0. The van der Waals surface area contributed by atoms with E-state index in [9.17, 15) is 10.1 Å². The fourth-order valence-corrected chi connectivity index (χ4v) is 0.349. The van der Waals surface area contributed by atoms with Gasteiger partial charge in [-0.05, 0) is 0 Å². The molecule has 45 valence electrons. The summed E-state index contributed by atoms with van der Waals surface area (Å²) in [6.45, 7) is 0. The molecule has 1 radical (unpaired) electrons. The average Bonchev–Trinajstić information content (AvgIpc) is 1.90. The second-order valence-electron chi connectivity index (χ2n) is 1.28. The molecule has 0 amide bonds. The Bertz CT molecular complexity index is 210. The van der Waals surface area contributed by atoms with Crippen molar-refractivity contribution in [1.82, 2.24) is 9.97 Å². The summed E-state index contributed by atoms with van der Waals surface area (Å²) in [5.41, 5.74) is -0.211. The molecule has 0 N–H and O–H groups in total. The fraction of sp³-hybridized carbons (Fsp3) is 0. The van der Waals surface area contributed by atoms with Crippen molar-refractivity contribution in [3.63, 3.8) is 0 Å². The minimum absolute atomic E-state index is 0.211. The van der Waals surface area contributed by atoms with Gasteiger partial charge >= 0.3 is 5.69 Å². The van der Waals surface area contributed by atoms with Gasteiger partial charge in [-0.15, -0.1) is 0 Å². The lowest BCUT2D eigenvalue weighted by molar-refractivity contribution is -0.385. The largest absolute Gasteiger partial charge is 0.315 e. The van der Waals surface area contributed by atoms with Crippen molar-refractivity contribution >= 4 is 5.69 Å². The Morgan fingerprint density at radius 2 is 2.56 bits per heavy atom. The number of nitrogens with zero attached hydrogens (tertiary/aromatic N) is 3. The van der Waals surface area contributed by atoms with Crippen molar-refractivity contribution in [3.05, 3.63) is 28.8 Å². The molecule has 0 spiro atoms. The standard InChI is InChI=1S/C4H2N3O2/c8-7(9)4-1-5-3-6-2-4/h1,3H. The highest BCUT2D eigenvalue weighted by molar-refractivity contribution is 5.17. The zero-order valence-electron chi connectivity index (χ0n) is 4.31. The van der Waals surface area contributed by atoms with Crippen LogP contribution in [-0.4, -0.2) is 14.9 Å². The molecule has 0 fully saturated rings. The van der Waals surface area contributed by atoms with Crippen LogP contribution in [0.2, 0.25) is 0 Å². The lowest BCUT2D eigenvalue weighted by Crippen LogP contribution is -1.89. The lowest BCUT2D eigenvalue weighted by atomic mass is 10.6. The monoisotopic (exact) mass is 124 g/mol. The highest BCUT2D eigenvalue weighted by atomic mass is 16.6. The topological polar surface area (TPSA) is 68.9 Å². The van der Waals surface area contributed by atoms with Crippen LogP contribution in [0.1, 0.15) is 0 Å². The van der Waals surface area contributed by atoms with Gasteiger partial charge in [0.25, 0.3) is 0 Å². The van der Waals surface area contributed by atoms with Gasteiger partial charge in [0, 0.05) is 0 Å². The highest BCUT2D eigenvalue weighted by Crippen LogP contribution is 2.01. The van der Waals surface area contributed by atoms with Crippen molar-refractivity contribution in [1.29, 1.82) is 0 Å². The molecule has 1 aromatic rings. The molecule has 5 heteroatoms. The van der Waals surface area contributed by atoms with Gasteiger partial charge in [0.05, 0.1) is 4.92 Å². The van der Waals surface area contributed by atoms with Crippen LogP contribution in [0.3, 0.4) is 0 Å². The van der Waals surface area contributed by atoms with Crippen molar-refractivity contribution in [2.24, 2.45) is 0 Å². The number of aromatic nitrogens is 2. The summed E-state index contributed by atoms with van der Waals surface area (Å²) in [5.74, 6) is 0. The molecule has 0 saturated carbocycles. The molecule has 1 heterocycles. The van der Waals surface area contributed by atoms with E-state index in [1.165, 1.54) is 6.33 Å². The van der Waals surface area contributed by atoms with E-state index in [1.807, 2.05) is 0 Å². The first-order valence-corrected chi connectivity index (χ1v) is 2.13. The van der Waals surface area contributed by atoms with Crippen molar-refractivity contribution in [2.75, 3.05) is 0 Å². The zero-order chi connectivity index (χ0) is 6.69. The zero-order valence-corrected chi connectivity index (χ0v) is 4.31. The maximum absolute atomic E-state index is 9.90. The molecule has 5 nitrogen and oxygen atoms in total. The molecular weight excluding hydrogens is 122 g/mol. The molecule has 0 aliphatic heterocycles. The van der Waals surface area contributed by atoms with Gasteiger partial charge in [-0.2, -0.15) is 0 Å². The number of nitro groups is 1. The number of hydrogen-bond acceptors (Lipinski definition) is 4. The van der Waals surface area contributed by atoms with Crippen LogP contribution in [0.5, 0.6) is 0 Å². The fourth-order valence-electron chi connectivity index (χ4n) is 0.349. The highest BCUT2D eigenvalue weighted by Gasteiger charge is 2.02. The summed E-state index contributed by atoms with van der Waals surface area (Å²) < 4.78 is 0. The molecule has 0 saturated heterocycles. The van der Waals surface area contributed by atoms with E-state index in [1.54, 1.807) is 0 Å². The van der Waals surface area contributed by atoms with E-state index in [2.05, 4.69) is 16.2 Å². The molecule has 1 rings (SSSR count). The van der Waals surface area contributed by atoms with Gasteiger partial charge in [-0.25, -0.2) is 9.97 Å². The first-order valence-electron chi connectivity index (χ1n) is 2.13. The van der Waals surface area contributed by atoms with Crippen LogP contribution in [-0.2, 0) is 0 Å². The van der Waals surface area contributed by atoms with Gasteiger partial charge in [0.2, 0.25) is 0 Å². The Hall–Kier alpha value is -1.52. The Morgan fingerprint density at radius 1 is 1.78 bits per heavy atom. The minimum Gasteiger partial charge on any atom is -0.258 e. The Morgan fingerprint density at radius 3 is 2.89 bits per heavy atom. The Labute approximate surface area is 50.5 Å². The third-order valence-corrected chi connectivity index (χ3v) is 0.697. The summed E-state index contributed by atoms with van der Waals surface area (Å²) in [7, 11) is 0. The second kappa shape index (κ2) is 2.17. The van der Waals surface area contributed by atoms with E-state index < -0.39 is 4.92 Å². The maximum Gasteiger partial charge on any atom is 0.315 e. The molecule has 0 aliphatic carbocycles. The molecular formula is C4H2N3O2. The van der Waals surface area contributed by atoms with Crippen LogP contribution < -0.4 is 0 Å². The summed E-state index contributed by atoms with van der Waals surface area (Å²) in [4.78, 5) is 16.0. The van der Waals surface area contributed by atoms with Crippen LogP contribution in [0.15, 0.2) is 12.5 Å². The maximum atomic E-state index is 9.90. The van der Waals surface area contributed by atoms with E-state index >= 15 is 0 Å². The third kappa shape index (κ3) is 1.18. The Balaban J connectivity index is 2.98. The van der Waals surface area contributed by atoms with E-state index in [0.29, 0.717) is 0 Å². The summed E-state index contributed by atoms with van der Waals surface area (Å²) in [5, 5.41) is 9.90. The quantitative estimate of drug-likeness (QED) is 0.395. The van der Waals surface area contributed by atoms with E-state index in [0.717, 1.165) is 6.20 Å². The van der Waals surface area contributed by atoms with Crippen LogP contribution in [0, 0.1) is 16.3 Å². The molecule has 0 atom stereocenters. The predicted octanol–water partition coefficient (Wildman–Crippen LogP) is 0.185. The minimum atomic E-state index is -0.597. The first-order chi connectivity index (χ1) is 4.30. The molecule has 0 aromatic carbocycles. The first kappa shape index (κ1) is 5.61. The molecule has 0 unspecified atom stereocenters. The van der Waals surface area contributed by atoms with Gasteiger partial charge < -0.3 is 0 Å². The van der Waals surface area contributed by atoms with Crippen LogP contribution in [0.4, 0.5) is 5.69 Å². The van der Waals surface area contributed by atoms with Crippen molar-refractivity contribution in [3.8, 4) is 0 Å². The van der Waals surface area contributed by atoms with E-state index in [-0.39, 0.29) is 5.69 Å². The summed E-state index contributed by atoms with van der Waals surface area (Å²) in [6, 6.07) is 0. The third-order valence-electron chi connectivity index (χ3n) is 0.697. The van der Waals surface area contributed by atoms with Gasteiger partial charge in [0.1, 0.15) is 12.5 Å². The van der Waals surface area contributed by atoms with Gasteiger partial charge in [-0.1, -0.05) is 0 Å². The van der Waals surface area contributed by atoms with Crippen LogP contribution in [0.25, 0.3) is 0 Å². The molecule has 1 aromatic heterocycles. The Kier molecular flexibility index (Phi) is 1.35. The molecule has 0 bridgehead atoms. The predicted molar refractivity (Wildman–Crippen MR) is 27.5 cm³/mol. The summed E-state index contributed by atoms with van der Waals surface area (Å²) >= 11 is 0. The van der Waals surface area contributed by atoms with E-state index in [4.69, 9.17) is 0 Å². The normalized spacial score (nSPS) is 8.89. The summed E-state index contributed by atoms with van der Waals surface area (Å²) in [6.07, 6.45) is 4.43. The lowest BCUT2D eigenvalue weighted by Gasteiger charge is -1.83. The molecule has 9 heavy (non-hydrogen) atoms. The van der Waals surface area contributed by atoms with Crippen molar-refractivity contribution in [2.45, 2.75) is 0 Å². The molecule has 0 aliphatic rings. The second-order valence-corrected chi connectivity index (χ2v) is 1.28. The smallest absolute Gasteiger partial charge is 0.258 e. The number of rotatable bonds is 1. The van der Waals surface area contributed by atoms with Crippen LogP contribution >= 0.6 is 0 Å².